The Morgan fingerprint density at radius 1 is 0.963 bits per heavy atom. The molecule has 27 heavy (non-hydrogen) atoms. The standard InChI is InChI=1S/C21H20N2O3S/c1-11-5-6-16(9-12(11)2)23-20(26)17(19(25)22-21(23)27)10-15-7-13(3)18(24)14(4)8-15/h5-10,24H,1-4H3,(H,22,25,27)/b17-10+. The number of hydrogen-bond donors (Lipinski definition) is 2. The molecule has 1 aliphatic heterocycles. The van der Waals surface area contributed by atoms with E-state index in [4.69, 9.17) is 12.2 Å². The zero-order valence-corrected chi connectivity index (χ0v) is 16.4. The lowest BCUT2D eigenvalue weighted by Crippen LogP contribution is -2.54. The van der Waals surface area contributed by atoms with Gasteiger partial charge in [0.05, 0.1) is 5.69 Å². The molecular weight excluding hydrogens is 360 g/mol. The van der Waals surface area contributed by atoms with Crippen LogP contribution < -0.4 is 10.2 Å². The summed E-state index contributed by atoms with van der Waals surface area (Å²) in [6, 6.07) is 9.03. The van der Waals surface area contributed by atoms with Gasteiger partial charge in [0.15, 0.2) is 5.11 Å². The number of benzene rings is 2. The first-order valence-electron chi connectivity index (χ1n) is 8.48. The van der Waals surface area contributed by atoms with E-state index in [9.17, 15) is 14.7 Å². The van der Waals surface area contributed by atoms with Crippen molar-refractivity contribution < 1.29 is 14.7 Å². The van der Waals surface area contributed by atoms with Gasteiger partial charge in [-0.15, -0.1) is 0 Å². The third kappa shape index (κ3) is 3.48. The third-order valence-electron chi connectivity index (χ3n) is 4.67. The highest BCUT2D eigenvalue weighted by atomic mass is 32.1. The summed E-state index contributed by atoms with van der Waals surface area (Å²) >= 11 is 5.23. The van der Waals surface area contributed by atoms with Crippen LogP contribution in [0.3, 0.4) is 0 Å². The number of amides is 2. The van der Waals surface area contributed by atoms with Gasteiger partial charge in [0.2, 0.25) is 0 Å². The van der Waals surface area contributed by atoms with Gasteiger partial charge in [-0.05, 0) is 98.1 Å². The topological polar surface area (TPSA) is 69.6 Å². The number of hydrogen-bond acceptors (Lipinski definition) is 4. The summed E-state index contributed by atoms with van der Waals surface area (Å²) in [5.74, 6) is -0.807. The van der Waals surface area contributed by atoms with E-state index in [2.05, 4.69) is 5.32 Å². The SMILES string of the molecule is Cc1ccc(N2C(=O)/C(=C/c3cc(C)c(O)c(C)c3)C(=O)NC2=S)cc1C. The van der Waals surface area contributed by atoms with Gasteiger partial charge in [0.25, 0.3) is 11.8 Å². The zero-order chi connectivity index (χ0) is 19.9. The van der Waals surface area contributed by atoms with Crippen LogP contribution >= 0.6 is 12.2 Å². The second-order valence-corrected chi connectivity index (χ2v) is 7.12. The molecule has 0 aromatic heterocycles. The molecule has 0 spiro atoms. The Labute approximate surface area is 163 Å². The zero-order valence-electron chi connectivity index (χ0n) is 15.6. The summed E-state index contributed by atoms with van der Waals surface area (Å²) in [6.45, 7) is 7.47. The number of nitrogens with one attached hydrogen (secondary N) is 1. The fourth-order valence-electron chi connectivity index (χ4n) is 3.00. The lowest BCUT2D eigenvalue weighted by Gasteiger charge is -2.29. The first kappa shape index (κ1) is 18.8. The summed E-state index contributed by atoms with van der Waals surface area (Å²) in [5.41, 5.74) is 4.73. The van der Waals surface area contributed by atoms with Crippen molar-refractivity contribution in [3.05, 3.63) is 63.7 Å². The number of nitrogens with zero attached hydrogens (tertiary/aromatic N) is 1. The molecule has 5 nitrogen and oxygen atoms in total. The Morgan fingerprint density at radius 2 is 1.59 bits per heavy atom. The molecular formula is C21H20N2O3S. The van der Waals surface area contributed by atoms with Crippen LogP contribution in [0.1, 0.15) is 27.8 Å². The fraction of sp³-hybridized carbons (Fsp3) is 0.190. The number of phenols is 1. The molecule has 1 heterocycles. The second-order valence-electron chi connectivity index (χ2n) is 6.73. The Balaban J connectivity index is 2.06. The number of carbonyl (C=O) groups is 2. The van der Waals surface area contributed by atoms with Crippen molar-refractivity contribution in [2.75, 3.05) is 4.90 Å². The average Bonchev–Trinajstić information content (AvgIpc) is 2.59. The minimum absolute atomic E-state index is 0.00804. The summed E-state index contributed by atoms with van der Waals surface area (Å²) in [6.07, 6.45) is 1.52. The van der Waals surface area contributed by atoms with E-state index in [-0.39, 0.29) is 16.4 Å². The van der Waals surface area contributed by atoms with Gasteiger partial charge >= 0.3 is 0 Å². The van der Waals surface area contributed by atoms with Gasteiger partial charge in [-0.2, -0.15) is 0 Å². The number of rotatable bonds is 2. The maximum absolute atomic E-state index is 13.0. The molecule has 0 saturated carbocycles. The number of anilines is 1. The van der Waals surface area contributed by atoms with E-state index in [1.807, 2.05) is 26.0 Å². The molecule has 1 saturated heterocycles. The Kier molecular flexibility index (Phi) is 4.85. The first-order chi connectivity index (χ1) is 12.7. The number of phenolic OH excluding ortho intramolecular Hbond substituents is 1. The summed E-state index contributed by atoms with van der Waals surface area (Å²) in [4.78, 5) is 26.8. The largest absolute Gasteiger partial charge is 0.507 e. The monoisotopic (exact) mass is 380 g/mol. The third-order valence-corrected chi connectivity index (χ3v) is 4.96. The van der Waals surface area contributed by atoms with Gasteiger partial charge in [-0.1, -0.05) is 6.07 Å². The van der Waals surface area contributed by atoms with Crippen molar-refractivity contribution in [1.82, 2.24) is 5.32 Å². The van der Waals surface area contributed by atoms with Crippen LogP contribution in [-0.2, 0) is 9.59 Å². The maximum atomic E-state index is 13.0. The summed E-state index contributed by atoms with van der Waals surface area (Å²) < 4.78 is 0. The molecule has 0 atom stereocenters. The molecule has 0 bridgehead atoms. The van der Waals surface area contributed by atoms with E-state index in [1.165, 1.54) is 11.0 Å². The fourth-order valence-corrected chi connectivity index (χ4v) is 3.28. The van der Waals surface area contributed by atoms with Crippen LogP contribution in [0.4, 0.5) is 5.69 Å². The van der Waals surface area contributed by atoms with Crippen molar-refractivity contribution in [2.24, 2.45) is 0 Å². The minimum Gasteiger partial charge on any atom is -0.507 e. The normalized spacial score (nSPS) is 16.1. The highest BCUT2D eigenvalue weighted by Gasteiger charge is 2.34. The molecule has 6 heteroatoms. The first-order valence-corrected chi connectivity index (χ1v) is 8.89. The quantitative estimate of drug-likeness (QED) is 0.476. The molecule has 0 unspecified atom stereocenters. The number of aromatic hydroxyl groups is 1. The summed E-state index contributed by atoms with van der Waals surface area (Å²) in [7, 11) is 0. The van der Waals surface area contributed by atoms with Crippen LogP contribution in [0, 0.1) is 27.7 Å². The molecule has 2 aromatic carbocycles. The van der Waals surface area contributed by atoms with Gasteiger partial charge in [-0.3, -0.25) is 19.8 Å². The average molecular weight is 380 g/mol. The number of aryl methyl sites for hydroxylation is 4. The van der Waals surface area contributed by atoms with E-state index >= 15 is 0 Å². The van der Waals surface area contributed by atoms with Crippen LogP contribution in [0.25, 0.3) is 6.08 Å². The molecule has 3 rings (SSSR count). The molecule has 138 valence electrons. The molecule has 2 amide bonds. The maximum Gasteiger partial charge on any atom is 0.270 e. The highest BCUT2D eigenvalue weighted by Crippen LogP contribution is 2.27. The smallest absolute Gasteiger partial charge is 0.270 e. The van der Waals surface area contributed by atoms with Crippen molar-refractivity contribution in [3.8, 4) is 5.75 Å². The molecule has 0 aliphatic carbocycles. The molecule has 2 aromatic rings. The number of carbonyl (C=O) groups excluding carboxylic acids is 2. The predicted molar refractivity (Wildman–Crippen MR) is 110 cm³/mol. The second kappa shape index (κ2) is 6.96. The van der Waals surface area contributed by atoms with Crippen molar-refractivity contribution >= 4 is 40.9 Å². The molecule has 1 fully saturated rings. The summed E-state index contributed by atoms with van der Waals surface area (Å²) in [5, 5.41) is 12.6. The Morgan fingerprint density at radius 3 is 2.19 bits per heavy atom. The molecule has 2 N–H and O–H groups in total. The van der Waals surface area contributed by atoms with E-state index in [1.54, 1.807) is 32.0 Å². The van der Waals surface area contributed by atoms with Crippen molar-refractivity contribution in [1.29, 1.82) is 0 Å². The van der Waals surface area contributed by atoms with E-state index < -0.39 is 11.8 Å². The Hall–Kier alpha value is -2.99. The van der Waals surface area contributed by atoms with Gasteiger partial charge in [0.1, 0.15) is 11.3 Å². The van der Waals surface area contributed by atoms with Crippen molar-refractivity contribution in [3.63, 3.8) is 0 Å². The highest BCUT2D eigenvalue weighted by molar-refractivity contribution is 7.80. The molecule has 0 radical (unpaired) electrons. The lowest BCUT2D eigenvalue weighted by molar-refractivity contribution is -0.122. The van der Waals surface area contributed by atoms with Gasteiger partial charge < -0.3 is 5.11 Å². The van der Waals surface area contributed by atoms with Crippen molar-refractivity contribution in [2.45, 2.75) is 27.7 Å². The van der Waals surface area contributed by atoms with E-state index in [0.717, 1.165) is 11.1 Å². The van der Waals surface area contributed by atoms with Crippen LogP contribution in [0.2, 0.25) is 0 Å². The number of thiocarbonyl (C=S) groups is 1. The van der Waals surface area contributed by atoms with Crippen LogP contribution in [0.5, 0.6) is 5.75 Å². The van der Waals surface area contributed by atoms with Crippen LogP contribution in [-0.4, -0.2) is 22.0 Å². The van der Waals surface area contributed by atoms with Gasteiger partial charge in [-0.25, -0.2) is 0 Å². The van der Waals surface area contributed by atoms with Crippen LogP contribution in [0.15, 0.2) is 35.9 Å². The molecule has 1 aliphatic rings. The van der Waals surface area contributed by atoms with E-state index in [0.29, 0.717) is 22.4 Å². The Bertz CT molecular complexity index is 1000. The predicted octanol–water partition coefficient (Wildman–Crippen LogP) is 3.46. The minimum atomic E-state index is -0.534. The van der Waals surface area contributed by atoms with Gasteiger partial charge in [0, 0.05) is 0 Å². The lowest BCUT2D eigenvalue weighted by atomic mass is 10.0.